The van der Waals surface area contributed by atoms with Gasteiger partial charge in [0, 0.05) is 23.7 Å². The summed E-state index contributed by atoms with van der Waals surface area (Å²) in [6.07, 6.45) is 0.703. The molecule has 0 saturated carbocycles. The quantitative estimate of drug-likeness (QED) is 0.674. The Morgan fingerprint density at radius 2 is 1.83 bits per heavy atom. The Balaban J connectivity index is 1.85. The number of hydrogen-bond acceptors (Lipinski definition) is 4. The van der Waals surface area contributed by atoms with Crippen LogP contribution in [-0.4, -0.2) is 23.1 Å². The van der Waals surface area contributed by atoms with Gasteiger partial charge in [-0.15, -0.1) is 0 Å². The molecule has 3 rings (SSSR count). The highest BCUT2D eigenvalue weighted by Gasteiger charge is 2.37. The van der Waals surface area contributed by atoms with Crippen molar-refractivity contribution in [1.82, 2.24) is 0 Å². The van der Waals surface area contributed by atoms with Crippen LogP contribution in [0.15, 0.2) is 42.5 Å². The molecule has 0 aliphatic carbocycles. The molecule has 0 spiro atoms. The van der Waals surface area contributed by atoms with Gasteiger partial charge in [0.25, 0.3) is 0 Å². The molecule has 126 valence electrons. The molecule has 0 bridgehead atoms. The molecule has 0 unspecified atom stereocenters. The zero-order valence-corrected chi connectivity index (χ0v) is 13.5. The van der Waals surface area contributed by atoms with E-state index < -0.39 is 22.0 Å². The second kappa shape index (κ2) is 6.37. The Kier molecular flexibility index (Phi) is 4.43. The lowest BCUT2D eigenvalue weighted by Gasteiger charge is -2.39. The van der Waals surface area contributed by atoms with Crippen molar-refractivity contribution in [3.8, 4) is 0 Å². The highest BCUT2D eigenvalue weighted by atomic mass is 35.5. The standard InChI is InChI=1S/C17H16ClFN2O3/c18-13-5-2-1-4-12(13)17(22)8-10-20(11-9-17)15-7-3-6-14(19)16(15)21(23)24/h1-7,22H,8-11H2. The van der Waals surface area contributed by atoms with Gasteiger partial charge >= 0.3 is 5.69 Å². The van der Waals surface area contributed by atoms with Crippen LogP contribution in [0.25, 0.3) is 0 Å². The lowest BCUT2D eigenvalue weighted by atomic mass is 9.84. The van der Waals surface area contributed by atoms with E-state index >= 15 is 0 Å². The van der Waals surface area contributed by atoms with E-state index in [1.165, 1.54) is 12.1 Å². The summed E-state index contributed by atoms with van der Waals surface area (Å²) in [6, 6.07) is 11.2. The number of nitrogens with zero attached hydrogens (tertiary/aromatic N) is 2. The topological polar surface area (TPSA) is 66.6 Å². The molecular weight excluding hydrogens is 335 g/mol. The molecule has 2 aromatic rings. The summed E-state index contributed by atoms with van der Waals surface area (Å²) in [5.74, 6) is -0.857. The lowest BCUT2D eigenvalue weighted by molar-refractivity contribution is -0.386. The molecule has 0 radical (unpaired) electrons. The first kappa shape index (κ1) is 16.7. The van der Waals surface area contributed by atoms with Crippen LogP contribution < -0.4 is 4.90 Å². The van der Waals surface area contributed by atoms with Crippen LogP contribution in [0, 0.1) is 15.9 Å². The highest BCUT2D eigenvalue weighted by Crippen LogP contribution is 2.40. The molecule has 1 heterocycles. The predicted molar refractivity (Wildman–Crippen MR) is 89.9 cm³/mol. The van der Waals surface area contributed by atoms with Gasteiger partial charge in [-0.3, -0.25) is 10.1 Å². The third kappa shape index (κ3) is 2.95. The number of nitro benzene ring substituents is 1. The first-order valence-corrected chi connectivity index (χ1v) is 7.95. The number of nitro groups is 1. The van der Waals surface area contributed by atoms with E-state index in [4.69, 9.17) is 11.6 Å². The molecular formula is C17H16ClFN2O3. The van der Waals surface area contributed by atoms with Crippen molar-refractivity contribution < 1.29 is 14.4 Å². The Hall–Kier alpha value is -2.18. The second-order valence-electron chi connectivity index (χ2n) is 5.86. The first-order valence-electron chi connectivity index (χ1n) is 7.57. The van der Waals surface area contributed by atoms with Gasteiger partial charge in [-0.2, -0.15) is 4.39 Å². The van der Waals surface area contributed by atoms with Crippen molar-refractivity contribution in [2.24, 2.45) is 0 Å². The minimum Gasteiger partial charge on any atom is -0.385 e. The number of para-hydroxylation sites is 1. The SMILES string of the molecule is O=[N+]([O-])c1c(F)cccc1N1CCC(O)(c2ccccc2Cl)CC1. The maximum atomic E-state index is 13.8. The monoisotopic (exact) mass is 350 g/mol. The normalized spacial score (nSPS) is 16.9. The van der Waals surface area contributed by atoms with Gasteiger partial charge in [0.15, 0.2) is 0 Å². The van der Waals surface area contributed by atoms with Crippen LogP contribution in [0.3, 0.4) is 0 Å². The summed E-state index contributed by atoms with van der Waals surface area (Å²) in [6.45, 7) is 0.734. The number of anilines is 1. The van der Waals surface area contributed by atoms with E-state index in [1.807, 2.05) is 6.07 Å². The van der Waals surface area contributed by atoms with Crippen molar-refractivity contribution in [1.29, 1.82) is 0 Å². The molecule has 7 heteroatoms. The smallest absolute Gasteiger partial charge is 0.327 e. The molecule has 2 aromatic carbocycles. The molecule has 5 nitrogen and oxygen atoms in total. The number of rotatable bonds is 3. The number of piperidine rings is 1. The Bertz CT molecular complexity index is 776. The van der Waals surface area contributed by atoms with Crippen LogP contribution >= 0.6 is 11.6 Å². The molecule has 1 aliphatic rings. The van der Waals surface area contributed by atoms with Crippen molar-refractivity contribution in [2.75, 3.05) is 18.0 Å². The Morgan fingerprint density at radius 1 is 1.17 bits per heavy atom. The first-order chi connectivity index (χ1) is 11.4. The van der Waals surface area contributed by atoms with Crippen molar-refractivity contribution in [3.05, 3.63) is 69.0 Å². The van der Waals surface area contributed by atoms with Crippen molar-refractivity contribution >= 4 is 23.0 Å². The highest BCUT2D eigenvalue weighted by molar-refractivity contribution is 6.31. The number of halogens is 2. The molecule has 0 atom stereocenters. The molecule has 1 aliphatic heterocycles. The summed E-state index contributed by atoms with van der Waals surface area (Å²) in [4.78, 5) is 12.2. The minimum absolute atomic E-state index is 0.237. The van der Waals surface area contributed by atoms with E-state index in [1.54, 1.807) is 23.1 Å². The molecule has 0 aromatic heterocycles. The molecule has 0 amide bonds. The molecule has 24 heavy (non-hydrogen) atoms. The number of hydrogen-bond donors (Lipinski definition) is 1. The maximum Gasteiger partial charge on any atom is 0.327 e. The van der Waals surface area contributed by atoms with Crippen LogP contribution in [-0.2, 0) is 5.60 Å². The fourth-order valence-corrected chi connectivity index (χ4v) is 3.48. The van der Waals surface area contributed by atoms with Crippen LogP contribution in [0.2, 0.25) is 5.02 Å². The second-order valence-corrected chi connectivity index (χ2v) is 6.27. The van der Waals surface area contributed by atoms with Crippen LogP contribution in [0.5, 0.6) is 0 Å². The van der Waals surface area contributed by atoms with Crippen molar-refractivity contribution in [3.63, 3.8) is 0 Å². The van der Waals surface area contributed by atoms with Gasteiger partial charge in [-0.05, 0) is 31.0 Å². The third-order valence-corrected chi connectivity index (χ3v) is 4.78. The van der Waals surface area contributed by atoms with Gasteiger partial charge in [-0.1, -0.05) is 35.9 Å². The van der Waals surface area contributed by atoms with E-state index in [2.05, 4.69) is 0 Å². The zero-order chi connectivity index (χ0) is 17.3. The minimum atomic E-state index is -1.09. The van der Waals surface area contributed by atoms with E-state index in [-0.39, 0.29) is 5.69 Å². The summed E-state index contributed by atoms with van der Waals surface area (Å²) < 4.78 is 13.8. The van der Waals surface area contributed by atoms with Gasteiger partial charge in [0.2, 0.25) is 5.82 Å². The largest absolute Gasteiger partial charge is 0.385 e. The fourth-order valence-electron chi connectivity index (χ4n) is 3.17. The predicted octanol–water partition coefficient (Wildman–Crippen LogP) is 3.88. The van der Waals surface area contributed by atoms with Crippen molar-refractivity contribution in [2.45, 2.75) is 18.4 Å². The third-order valence-electron chi connectivity index (χ3n) is 4.45. The summed E-state index contributed by atoms with van der Waals surface area (Å²) in [5.41, 5.74) is -0.723. The summed E-state index contributed by atoms with van der Waals surface area (Å²) in [5, 5.41) is 22.5. The summed E-state index contributed by atoms with van der Waals surface area (Å²) >= 11 is 6.18. The number of benzene rings is 2. The van der Waals surface area contributed by atoms with E-state index in [0.29, 0.717) is 36.5 Å². The Labute approximate surface area is 143 Å². The van der Waals surface area contributed by atoms with Crippen LogP contribution in [0.4, 0.5) is 15.8 Å². The van der Waals surface area contributed by atoms with Gasteiger partial charge in [-0.25, -0.2) is 0 Å². The molecule has 1 saturated heterocycles. The average molecular weight is 351 g/mol. The Morgan fingerprint density at radius 3 is 2.46 bits per heavy atom. The molecule has 1 fully saturated rings. The number of aliphatic hydroxyl groups is 1. The average Bonchev–Trinajstić information content (AvgIpc) is 2.55. The van der Waals surface area contributed by atoms with Gasteiger partial charge in [0.05, 0.1) is 10.5 Å². The molecule has 1 N–H and O–H groups in total. The fraction of sp³-hybridized carbons (Fsp3) is 0.294. The van der Waals surface area contributed by atoms with E-state index in [0.717, 1.165) is 6.07 Å². The lowest BCUT2D eigenvalue weighted by Crippen LogP contribution is -2.43. The van der Waals surface area contributed by atoms with Crippen LogP contribution in [0.1, 0.15) is 18.4 Å². The summed E-state index contributed by atoms with van der Waals surface area (Å²) in [7, 11) is 0. The maximum absolute atomic E-state index is 13.8. The van der Waals surface area contributed by atoms with Gasteiger partial charge < -0.3 is 10.0 Å². The van der Waals surface area contributed by atoms with E-state index in [9.17, 15) is 19.6 Å². The zero-order valence-electron chi connectivity index (χ0n) is 12.8. The van der Waals surface area contributed by atoms with Gasteiger partial charge in [0.1, 0.15) is 5.69 Å².